The molecular formula is C20H15F3O2. The molecule has 0 aliphatic rings. The Morgan fingerprint density at radius 1 is 0.760 bits per heavy atom. The maximum atomic E-state index is 14.1. The molecule has 3 aromatic rings. The quantitative estimate of drug-likeness (QED) is 0.557. The van der Waals surface area contributed by atoms with Crippen molar-refractivity contribution in [2.45, 2.75) is 6.61 Å². The van der Waals surface area contributed by atoms with Gasteiger partial charge in [0.1, 0.15) is 30.5 Å². The van der Waals surface area contributed by atoms with Crippen LogP contribution in [0.4, 0.5) is 13.2 Å². The topological polar surface area (TPSA) is 18.5 Å². The van der Waals surface area contributed by atoms with Crippen molar-refractivity contribution in [1.29, 1.82) is 0 Å². The fourth-order valence-corrected chi connectivity index (χ4v) is 2.36. The molecule has 0 heterocycles. The molecule has 0 aliphatic heterocycles. The van der Waals surface area contributed by atoms with E-state index in [9.17, 15) is 13.2 Å². The Labute approximate surface area is 143 Å². The Hall–Kier alpha value is -2.95. The maximum absolute atomic E-state index is 14.1. The first-order valence-corrected chi connectivity index (χ1v) is 7.60. The number of rotatable bonds is 6. The van der Waals surface area contributed by atoms with Crippen molar-refractivity contribution in [3.63, 3.8) is 0 Å². The monoisotopic (exact) mass is 344 g/mol. The summed E-state index contributed by atoms with van der Waals surface area (Å²) in [6.45, 7) is 3.83. The summed E-state index contributed by atoms with van der Waals surface area (Å²) in [4.78, 5) is 0. The second-order valence-electron chi connectivity index (χ2n) is 5.42. The first-order valence-electron chi connectivity index (χ1n) is 7.60. The highest BCUT2D eigenvalue weighted by Crippen LogP contribution is 2.25. The van der Waals surface area contributed by atoms with Crippen LogP contribution in [0.1, 0.15) is 5.56 Å². The van der Waals surface area contributed by atoms with Crippen LogP contribution in [-0.2, 0) is 6.61 Å². The molecule has 5 heteroatoms. The highest BCUT2D eigenvalue weighted by atomic mass is 19.2. The van der Waals surface area contributed by atoms with Crippen LogP contribution in [0.15, 0.2) is 61.2 Å². The number of ether oxygens (including phenoxy) is 2. The predicted octanol–water partition coefficient (Wildman–Crippen LogP) is 5.40. The lowest BCUT2D eigenvalue weighted by Gasteiger charge is -2.10. The van der Waals surface area contributed by atoms with E-state index >= 15 is 0 Å². The molecule has 0 amide bonds. The zero-order valence-electron chi connectivity index (χ0n) is 13.3. The lowest BCUT2D eigenvalue weighted by atomic mass is 10.1. The molecule has 0 saturated carbocycles. The summed E-state index contributed by atoms with van der Waals surface area (Å²) < 4.78 is 51.4. The van der Waals surface area contributed by atoms with Gasteiger partial charge in [0.15, 0.2) is 11.6 Å². The highest BCUT2D eigenvalue weighted by molar-refractivity contribution is 5.84. The SMILES string of the molecule is C=CCOc1ccc(COc2ccc3cc(F)c(F)cc3c2)c(F)c1. The van der Waals surface area contributed by atoms with Gasteiger partial charge in [0.2, 0.25) is 0 Å². The average molecular weight is 344 g/mol. The fourth-order valence-electron chi connectivity index (χ4n) is 2.36. The molecule has 0 saturated heterocycles. The van der Waals surface area contributed by atoms with Crippen LogP contribution in [0.2, 0.25) is 0 Å². The largest absolute Gasteiger partial charge is 0.489 e. The van der Waals surface area contributed by atoms with Crippen LogP contribution in [0, 0.1) is 17.5 Å². The van der Waals surface area contributed by atoms with Crippen LogP contribution < -0.4 is 9.47 Å². The summed E-state index contributed by atoms with van der Waals surface area (Å²) >= 11 is 0. The van der Waals surface area contributed by atoms with Crippen molar-refractivity contribution >= 4 is 10.8 Å². The van der Waals surface area contributed by atoms with E-state index in [1.807, 2.05) is 0 Å². The van der Waals surface area contributed by atoms with Gasteiger partial charge in [-0.3, -0.25) is 0 Å². The predicted molar refractivity (Wildman–Crippen MR) is 90.3 cm³/mol. The summed E-state index contributed by atoms with van der Waals surface area (Å²) in [6.07, 6.45) is 1.57. The number of benzene rings is 3. The van der Waals surface area contributed by atoms with Crippen molar-refractivity contribution in [1.82, 2.24) is 0 Å². The van der Waals surface area contributed by atoms with E-state index in [2.05, 4.69) is 6.58 Å². The van der Waals surface area contributed by atoms with Gasteiger partial charge >= 0.3 is 0 Å². The number of hydrogen-bond donors (Lipinski definition) is 0. The second kappa shape index (κ2) is 7.30. The van der Waals surface area contributed by atoms with Crippen LogP contribution in [0.3, 0.4) is 0 Å². The highest BCUT2D eigenvalue weighted by Gasteiger charge is 2.08. The van der Waals surface area contributed by atoms with Gasteiger partial charge < -0.3 is 9.47 Å². The summed E-state index contributed by atoms with van der Waals surface area (Å²) in [7, 11) is 0. The minimum Gasteiger partial charge on any atom is -0.489 e. The van der Waals surface area contributed by atoms with Crippen molar-refractivity contribution in [3.05, 3.63) is 84.2 Å². The van der Waals surface area contributed by atoms with Crippen LogP contribution >= 0.6 is 0 Å². The van der Waals surface area contributed by atoms with E-state index in [1.54, 1.807) is 36.4 Å². The molecule has 128 valence electrons. The zero-order chi connectivity index (χ0) is 17.8. The molecule has 0 atom stereocenters. The van der Waals surface area contributed by atoms with Crippen molar-refractivity contribution in [3.8, 4) is 11.5 Å². The van der Waals surface area contributed by atoms with E-state index in [0.29, 0.717) is 34.4 Å². The summed E-state index contributed by atoms with van der Waals surface area (Å²) in [5, 5.41) is 1.06. The van der Waals surface area contributed by atoms with Gasteiger partial charge in [-0.2, -0.15) is 0 Å². The smallest absolute Gasteiger partial charge is 0.159 e. The number of halogens is 3. The number of fused-ring (bicyclic) bond motifs is 1. The van der Waals surface area contributed by atoms with Crippen molar-refractivity contribution in [2.75, 3.05) is 6.61 Å². The Morgan fingerprint density at radius 2 is 1.44 bits per heavy atom. The van der Waals surface area contributed by atoms with Gasteiger partial charge in [-0.15, -0.1) is 0 Å². The first kappa shape index (κ1) is 16.9. The summed E-state index contributed by atoms with van der Waals surface area (Å²) in [6, 6.07) is 11.5. The zero-order valence-corrected chi connectivity index (χ0v) is 13.3. The average Bonchev–Trinajstić information content (AvgIpc) is 2.60. The van der Waals surface area contributed by atoms with Crippen molar-refractivity contribution in [2.24, 2.45) is 0 Å². The third-order valence-electron chi connectivity index (χ3n) is 3.64. The van der Waals surface area contributed by atoms with Gasteiger partial charge in [0.25, 0.3) is 0 Å². The second-order valence-corrected chi connectivity index (χ2v) is 5.42. The summed E-state index contributed by atoms with van der Waals surface area (Å²) in [5.74, 6) is -1.43. The van der Waals surface area contributed by atoms with Gasteiger partial charge in [-0.05, 0) is 47.2 Å². The standard InChI is InChI=1S/C20H15F3O2/c1-2-7-24-17-6-4-14(18(21)11-17)12-25-16-5-3-13-9-19(22)20(23)10-15(13)8-16/h2-6,8-11H,1,7,12H2. The Morgan fingerprint density at radius 3 is 2.16 bits per heavy atom. The minimum atomic E-state index is -0.925. The fraction of sp³-hybridized carbons (Fsp3) is 0.100. The van der Waals surface area contributed by atoms with Gasteiger partial charge in [0, 0.05) is 11.6 Å². The maximum Gasteiger partial charge on any atom is 0.159 e. The van der Waals surface area contributed by atoms with Crippen LogP contribution in [-0.4, -0.2) is 6.61 Å². The van der Waals surface area contributed by atoms with Crippen molar-refractivity contribution < 1.29 is 22.6 Å². The van der Waals surface area contributed by atoms with Gasteiger partial charge in [-0.25, -0.2) is 13.2 Å². The van der Waals surface area contributed by atoms with Gasteiger partial charge in [-0.1, -0.05) is 18.7 Å². The van der Waals surface area contributed by atoms with E-state index in [1.165, 1.54) is 6.07 Å². The molecule has 0 spiro atoms. The molecule has 0 N–H and O–H groups in total. The normalized spacial score (nSPS) is 10.7. The molecule has 3 aromatic carbocycles. The molecule has 0 aromatic heterocycles. The number of hydrogen-bond acceptors (Lipinski definition) is 2. The molecular weight excluding hydrogens is 329 g/mol. The Balaban J connectivity index is 1.74. The molecule has 0 aliphatic carbocycles. The molecule has 0 radical (unpaired) electrons. The Kier molecular flexibility index (Phi) is 4.93. The van der Waals surface area contributed by atoms with Crippen LogP contribution in [0.5, 0.6) is 11.5 Å². The van der Waals surface area contributed by atoms with E-state index < -0.39 is 17.5 Å². The molecule has 2 nitrogen and oxygen atoms in total. The first-order chi connectivity index (χ1) is 12.1. The molecule has 25 heavy (non-hydrogen) atoms. The molecule has 0 unspecified atom stereocenters. The van der Waals surface area contributed by atoms with E-state index in [4.69, 9.17) is 9.47 Å². The Bertz CT molecular complexity index is 922. The third-order valence-corrected chi connectivity index (χ3v) is 3.64. The minimum absolute atomic E-state index is 0.00273. The molecule has 0 fully saturated rings. The lowest BCUT2D eigenvalue weighted by Crippen LogP contribution is -2.00. The van der Waals surface area contributed by atoms with Crippen LogP contribution in [0.25, 0.3) is 10.8 Å². The lowest BCUT2D eigenvalue weighted by molar-refractivity contribution is 0.299. The summed E-state index contributed by atoms with van der Waals surface area (Å²) in [5.41, 5.74) is 0.358. The molecule has 0 bridgehead atoms. The van der Waals surface area contributed by atoms with E-state index in [0.717, 1.165) is 12.1 Å². The van der Waals surface area contributed by atoms with E-state index in [-0.39, 0.29) is 6.61 Å². The third kappa shape index (κ3) is 3.94. The van der Waals surface area contributed by atoms with Gasteiger partial charge in [0.05, 0.1) is 0 Å². The molecule has 3 rings (SSSR count).